The molecule has 0 amide bonds. The van der Waals surface area contributed by atoms with Gasteiger partial charge in [-0.3, -0.25) is 0 Å². The first kappa shape index (κ1) is 10.7. The van der Waals surface area contributed by atoms with Crippen LogP contribution in [-0.2, 0) is 10.6 Å². The first-order valence-electron chi connectivity index (χ1n) is 5.08. The van der Waals surface area contributed by atoms with Crippen LogP contribution in [-0.4, -0.2) is 30.0 Å². The van der Waals surface area contributed by atoms with Crippen molar-refractivity contribution in [3.63, 3.8) is 0 Å². The third kappa shape index (κ3) is 3.07. The minimum absolute atomic E-state index is 0.255. The first-order chi connectivity index (χ1) is 7.38. The molecule has 0 bridgehead atoms. The molecule has 2 heterocycles. The van der Waals surface area contributed by atoms with Gasteiger partial charge in [0.1, 0.15) is 5.88 Å². The number of hydrogen-bond acceptors (Lipinski definition) is 5. The highest BCUT2D eigenvalue weighted by Gasteiger charge is 2.15. The van der Waals surface area contributed by atoms with Crippen LogP contribution in [0.3, 0.4) is 0 Å². The van der Waals surface area contributed by atoms with Crippen molar-refractivity contribution in [2.75, 3.05) is 25.1 Å². The predicted octanol–water partition coefficient (Wildman–Crippen LogP) is 1.65. The minimum atomic E-state index is 0.255. The van der Waals surface area contributed by atoms with Gasteiger partial charge in [-0.05, 0) is 18.8 Å². The number of ether oxygens (including phenoxy) is 1. The fraction of sp³-hybridized carbons (Fsp3) is 0.778. The number of rotatable bonds is 5. The Kier molecular flexibility index (Phi) is 3.80. The molecule has 6 heteroatoms. The van der Waals surface area contributed by atoms with Crippen LogP contribution >= 0.6 is 11.6 Å². The molecule has 1 aliphatic rings. The lowest BCUT2D eigenvalue weighted by molar-refractivity contribution is 0.185. The Morgan fingerprint density at radius 1 is 1.47 bits per heavy atom. The van der Waals surface area contributed by atoms with Crippen LogP contribution in [0.1, 0.15) is 18.7 Å². The normalized spacial score (nSPS) is 20.7. The number of hydrogen-bond donors (Lipinski definition) is 1. The molecule has 1 unspecified atom stereocenters. The number of alkyl halides is 1. The zero-order valence-electron chi connectivity index (χ0n) is 8.41. The molecular weight excluding hydrogens is 218 g/mol. The van der Waals surface area contributed by atoms with Crippen LogP contribution in [0, 0.1) is 5.92 Å². The van der Waals surface area contributed by atoms with E-state index in [1.807, 2.05) is 0 Å². The van der Waals surface area contributed by atoms with Gasteiger partial charge in [-0.1, -0.05) is 5.10 Å². The lowest BCUT2D eigenvalue weighted by Crippen LogP contribution is -2.09. The second-order valence-electron chi connectivity index (χ2n) is 3.58. The van der Waals surface area contributed by atoms with Gasteiger partial charge in [0, 0.05) is 19.8 Å². The lowest BCUT2D eigenvalue weighted by atomic mass is 10.1. The van der Waals surface area contributed by atoms with Gasteiger partial charge in [0.05, 0.1) is 0 Å². The Bertz CT molecular complexity index is 299. The molecule has 1 fully saturated rings. The second kappa shape index (κ2) is 5.32. The van der Waals surface area contributed by atoms with E-state index in [0.29, 0.717) is 17.8 Å². The van der Waals surface area contributed by atoms with Crippen LogP contribution in [0.2, 0.25) is 0 Å². The van der Waals surface area contributed by atoms with Crippen molar-refractivity contribution in [2.24, 2.45) is 5.92 Å². The molecule has 1 aromatic rings. The van der Waals surface area contributed by atoms with E-state index in [2.05, 4.69) is 15.5 Å². The number of halogens is 1. The zero-order chi connectivity index (χ0) is 10.5. The molecule has 0 saturated carbocycles. The molecular formula is C9H14ClN3O2. The summed E-state index contributed by atoms with van der Waals surface area (Å²) in [6.07, 6.45) is 2.22. The number of aromatic nitrogens is 2. The van der Waals surface area contributed by atoms with Crippen molar-refractivity contribution in [3.05, 3.63) is 5.89 Å². The Morgan fingerprint density at radius 2 is 2.40 bits per heavy atom. The first-order valence-corrected chi connectivity index (χ1v) is 5.62. The summed E-state index contributed by atoms with van der Waals surface area (Å²) in [5, 5.41) is 10.6. The van der Waals surface area contributed by atoms with Crippen molar-refractivity contribution < 1.29 is 9.15 Å². The third-order valence-electron chi connectivity index (χ3n) is 2.43. The Hall–Kier alpha value is -0.810. The molecule has 0 aliphatic carbocycles. The quantitative estimate of drug-likeness (QED) is 0.781. The van der Waals surface area contributed by atoms with Gasteiger partial charge in [0.15, 0.2) is 0 Å². The summed E-state index contributed by atoms with van der Waals surface area (Å²) < 4.78 is 10.5. The van der Waals surface area contributed by atoms with E-state index in [1.54, 1.807) is 0 Å². The summed E-state index contributed by atoms with van der Waals surface area (Å²) in [5.74, 6) is 1.36. The monoisotopic (exact) mass is 231 g/mol. The number of nitrogens with zero attached hydrogens (tertiary/aromatic N) is 2. The standard InChI is InChI=1S/C9H14ClN3O2/c10-5-8-12-13-9(15-8)11-3-1-7-2-4-14-6-7/h7H,1-6H2,(H,11,13). The average molecular weight is 232 g/mol. The molecule has 84 valence electrons. The van der Waals surface area contributed by atoms with Crippen LogP contribution in [0.25, 0.3) is 0 Å². The Balaban J connectivity index is 1.68. The van der Waals surface area contributed by atoms with Crippen molar-refractivity contribution in [2.45, 2.75) is 18.7 Å². The minimum Gasteiger partial charge on any atom is -0.407 e. The molecule has 15 heavy (non-hydrogen) atoms. The molecule has 5 nitrogen and oxygen atoms in total. The van der Waals surface area contributed by atoms with Gasteiger partial charge in [-0.15, -0.1) is 16.7 Å². The predicted molar refractivity (Wildman–Crippen MR) is 55.9 cm³/mol. The SMILES string of the molecule is ClCc1nnc(NCCC2CCOC2)o1. The number of nitrogens with one attached hydrogen (secondary N) is 1. The van der Waals surface area contributed by atoms with Crippen LogP contribution < -0.4 is 5.32 Å². The summed E-state index contributed by atoms with van der Waals surface area (Å²) >= 11 is 5.54. The van der Waals surface area contributed by atoms with Gasteiger partial charge >= 0.3 is 6.01 Å². The molecule has 1 N–H and O–H groups in total. The number of anilines is 1. The molecule has 0 aromatic carbocycles. The molecule has 1 atom stereocenters. The Morgan fingerprint density at radius 3 is 3.07 bits per heavy atom. The third-order valence-corrected chi connectivity index (χ3v) is 2.66. The van der Waals surface area contributed by atoms with E-state index >= 15 is 0 Å². The highest BCUT2D eigenvalue weighted by atomic mass is 35.5. The van der Waals surface area contributed by atoms with Gasteiger partial charge in [-0.2, -0.15) is 0 Å². The van der Waals surface area contributed by atoms with Crippen LogP contribution in [0.4, 0.5) is 6.01 Å². The van der Waals surface area contributed by atoms with E-state index in [0.717, 1.165) is 32.6 Å². The summed E-state index contributed by atoms with van der Waals surface area (Å²) in [4.78, 5) is 0. The van der Waals surface area contributed by atoms with Crippen LogP contribution in [0.5, 0.6) is 0 Å². The summed E-state index contributed by atoms with van der Waals surface area (Å²) in [6, 6.07) is 0.449. The van der Waals surface area contributed by atoms with Crippen LogP contribution in [0.15, 0.2) is 4.42 Å². The molecule has 1 aliphatic heterocycles. The zero-order valence-corrected chi connectivity index (χ0v) is 9.16. The van der Waals surface area contributed by atoms with Crippen molar-refractivity contribution in [1.82, 2.24) is 10.2 Å². The Labute approximate surface area is 93.1 Å². The van der Waals surface area contributed by atoms with E-state index < -0.39 is 0 Å². The highest BCUT2D eigenvalue weighted by Crippen LogP contribution is 2.16. The van der Waals surface area contributed by atoms with Gasteiger partial charge in [0.25, 0.3) is 0 Å². The second-order valence-corrected chi connectivity index (χ2v) is 3.85. The fourth-order valence-corrected chi connectivity index (χ4v) is 1.68. The van der Waals surface area contributed by atoms with Gasteiger partial charge in [-0.25, -0.2) is 0 Å². The largest absolute Gasteiger partial charge is 0.407 e. The average Bonchev–Trinajstić information content (AvgIpc) is 2.88. The topological polar surface area (TPSA) is 60.2 Å². The lowest BCUT2D eigenvalue weighted by Gasteiger charge is -2.06. The highest BCUT2D eigenvalue weighted by molar-refractivity contribution is 6.16. The summed E-state index contributed by atoms with van der Waals surface area (Å²) in [5.41, 5.74) is 0. The summed E-state index contributed by atoms with van der Waals surface area (Å²) in [6.45, 7) is 2.60. The molecule has 0 radical (unpaired) electrons. The molecule has 2 rings (SSSR count). The van der Waals surface area contributed by atoms with E-state index in [4.69, 9.17) is 20.8 Å². The van der Waals surface area contributed by atoms with Crippen molar-refractivity contribution in [3.8, 4) is 0 Å². The maximum Gasteiger partial charge on any atom is 0.315 e. The smallest absolute Gasteiger partial charge is 0.315 e. The molecule has 1 aromatic heterocycles. The molecule has 0 spiro atoms. The van der Waals surface area contributed by atoms with Gasteiger partial charge < -0.3 is 14.5 Å². The van der Waals surface area contributed by atoms with E-state index in [9.17, 15) is 0 Å². The van der Waals surface area contributed by atoms with Crippen molar-refractivity contribution in [1.29, 1.82) is 0 Å². The summed E-state index contributed by atoms with van der Waals surface area (Å²) in [7, 11) is 0. The van der Waals surface area contributed by atoms with Crippen molar-refractivity contribution >= 4 is 17.6 Å². The maximum atomic E-state index is 5.54. The fourth-order valence-electron chi connectivity index (χ4n) is 1.57. The van der Waals surface area contributed by atoms with E-state index in [1.165, 1.54) is 0 Å². The van der Waals surface area contributed by atoms with E-state index in [-0.39, 0.29) is 5.88 Å². The van der Waals surface area contributed by atoms with Gasteiger partial charge in [0.2, 0.25) is 5.89 Å². The molecule has 1 saturated heterocycles. The maximum absolute atomic E-state index is 5.54.